The zero-order chi connectivity index (χ0) is 15.5. The van der Waals surface area contributed by atoms with Gasteiger partial charge in [0.15, 0.2) is 0 Å². The third-order valence-corrected chi connectivity index (χ3v) is 4.55. The molecule has 0 fully saturated rings. The van der Waals surface area contributed by atoms with Gasteiger partial charge in [-0.05, 0) is 31.5 Å². The van der Waals surface area contributed by atoms with Crippen molar-refractivity contribution in [2.24, 2.45) is 0 Å². The van der Waals surface area contributed by atoms with Gasteiger partial charge in [-0.3, -0.25) is 9.10 Å². The lowest BCUT2D eigenvalue weighted by molar-refractivity contribution is 0.0939. The number of sulfonamides is 1. The first-order chi connectivity index (χ1) is 9.16. The maximum atomic E-state index is 12.0. The minimum atomic E-state index is -3.43. The van der Waals surface area contributed by atoms with Gasteiger partial charge >= 0.3 is 0 Å². The van der Waals surface area contributed by atoms with Gasteiger partial charge in [-0.15, -0.1) is 0 Å². The van der Waals surface area contributed by atoms with E-state index in [0.29, 0.717) is 5.56 Å². The Bertz CT molecular complexity index is 602. The van der Waals surface area contributed by atoms with Gasteiger partial charge < -0.3 is 5.32 Å². The molecular formula is C13H19ClN2O3S. The summed E-state index contributed by atoms with van der Waals surface area (Å²) in [6, 6.07) is 4.61. The molecule has 0 aromatic heterocycles. The molecule has 1 atom stereocenters. The zero-order valence-corrected chi connectivity index (χ0v) is 13.5. The fourth-order valence-corrected chi connectivity index (χ4v) is 2.29. The molecule has 5 nitrogen and oxygen atoms in total. The molecule has 20 heavy (non-hydrogen) atoms. The van der Waals surface area contributed by atoms with Crippen molar-refractivity contribution in [3.8, 4) is 0 Å². The average Bonchev–Trinajstić information content (AvgIpc) is 2.37. The maximum Gasteiger partial charge on any atom is 0.251 e. The number of hydrogen-bond acceptors (Lipinski definition) is 3. The van der Waals surface area contributed by atoms with E-state index in [4.69, 9.17) is 11.6 Å². The third kappa shape index (κ3) is 4.11. The number of carbonyl (C=O) groups is 1. The van der Waals surface area contributed by atoms with Crippen LogP contribution in [0.4, 0.5) is 5.69 Å². The summed E-state index contributed by atoms with van der Waals surface area (Å²) in [5.41, 5.74) is 0.658. The van der Waals surface area contributed by atoms with Gasteiger partial charge in [-0.25, -0.2) is 8.42 Å². The van der Waals surface area contributed by atoms with Gasteiger partial charge in [0.2, 0.25) is 10.0 Å². The predicted octanol–water partition coefficient (Wildman–Crippen LogP) is 2.26. The Morgan fingerprint density at radius 1 is 1.45 bits per heavy atom. The van der Waals surface area contributed by atoms with Crippen molar-refractivity contribution in [3.05, 3.63) is 28.8 Å². The lowest BCUT2D eigenvalue weighted by Gasteiger charge is -2.19. The zero-order valence-electron chi connectivity index (χ0n) is 12.0. The molecule has 1 unspecified atom stereocenters. The fraction of sp³-hybridized carbons (Fsp3) is 0.462. The maximum absolute atomic E-state index is 12.0. The first kappa shape index (κ1) is 16.8. The summed E-state index contributed by atoms with van der Waals surface area (Å²) in [6.45, 7) is 3.87. The summed E-state index contributed by atoms with van der Waals surface area (Å²) in [6.07, 6.45) is 1.89. The molecule has 0 aliphatic carbocycles. The molecular weight excluding hydrogens is 300 g/mol. The van der Waals surface area contributed by atoms with E-state index >= 15 is 0 Å². The SMILES string of the molecule is CCC(C)NC(=O)c1ccc(Cl)c(N(C)S(C)(=O)=O)c1. The van der Waals surface area contributed by atoms with Crippen LogP contribution in [0, 0.1) is 0 Å². The van der Waals surface area contributed by atoms with Crippen LogP contribution in [0.1, 0.15) is 30.6 Å². The van der Waals surface area contributed by atoms with Crippen molar-refractivity contribution < 1.29 is 13.2 Å². The van der Waals surface area contributed by atoms with Gasteiger partial charge in [0.1, 0.15) is 0 Å². The van der Waals surface area contributed by atoms with Crippen LogP contribution in [-0.4, -0.2) is 33.7 Å². The molecule has 0 saturated carbocycles. The van der Waals surface area contributed by atoms with Crippen LogP contribution < -0.4 is 9.62 Å². The predicted molar refractivity (Wildman–Crippen MR) is 81.9 cm³/mol. The second-order valence-corrected chi connectivity index (χ2v) is 7.10. The molecule has 0 aliphatic heterocycles. The average molecular weight is 319 g/mol. The molecule has 7 heteroatoms. The standard InChI is InChI=1S/C13H19ClN2O3S/c1-5-9(2)15-13(17)10-6-7-11(14)12(8-10)16(3)20(4,18)19/h6-9H,5H2,1-4H3,(H,15,17). The molecule has 1 N–H and O–H groups in total. The Balaban J connectivity index is 3.12. The van der Waals surface area contributed by atoms with Crippen molar-refractivity contribution in [3.63, 3.8) is 0 Å². The highest BCUT2D eigenvalue weighted by Gasteiger charge is 2.18. The Morgan fingerprint density at radius 2 is 2.05 bits per heavy atom. The molecule has 0 heterocycles. The third-order valence-electron chi connectivity index (χ3n) is 3.03. The van der Waals surface area contributed by atoms with Gasteiger partial charge in [-0.1, -0.05) is 18.5 Å². The first-order valence-corrected chi connectivity index (χ1v) is 8.43. The van der Waals surface area contributed by atoms with Crippen LogP contribution in [0.3, 0.4) is 0 Å². The molecule has 1 amide bonds. The summed E-state index contributed by atoms with van der Waals surface area (Å²) in [4.78, 5) is 12.0. The number of benzene rings is 1. The van der Waals surface area contributed by atoms with E-state index in [1.54, 1.807) is 6.07 Å². The number of nitrogens with zero attached hydrogens (tertiary/aromatic N) is 1. The van der Waals surface area contributed by atoms with Gasteiger partial charge in [-0.2, -0.15) is 0 Å². The van der Waals surface area contributed by atoms with E-state index < -0.39 is 10.0 Å². The number of nitrogens with one attached hydrogen (secondary N) is 1. The smallest absolute Gasteiger partial charge is 0.251 e. The summed E-state index contributed by atoms with van der Waals surface area (Å²) in [5.74, 6) is -0.251. The summed E-state index contributed by atoms with van der Waals surface area (Å²) >= 11 is 6.00. The normalized spacial score (nSPS) is 12.8. The Labute approximate surface area is 125 Å². The largest absolute Gasteiger partial charge is 0.350 e. The van der Waals surface area contributed by atoms with E-state index in [-0.39, 0.29) is 22.7 Å². The molecule has 1 aromatic carbocycles. The summed E-state index contributed by atoms with van der Waals surface area (Å²) < 4.78 is 24.2. The first-order valence-electron chi connectivity index (χ1n) is 6.21. The molecule has 0 aliphatic rings. The highest BCUT2D eigenvalue weighted by Crippen LogP contribution is 2.27. The van der Waals surface area contributed by atoms with Crippen molar-refractivity contribution in [1.82, 2.24) is 5.32 Å². The van der Waals surface area contributed by atoms with Crippen LogP contribution in [-0.2, 0) is 10.0 Å². The molecule has 112 valence electrons. The monoisotopic (exact) mass is 318 g/mol. The molecule has 0 radical (unpaired) electrons. The fourth-order valence-electron chi connectivity index (χ4n) is 1.48. The number of anilines is 1. The minimum absolute atomic E-state index is 0.0502. The number of amides is 1. The molecule has 1 rings (SSSR count). The van der Waals surface area contributed by atoms with Crippen LogP contribution >= 0.6 is 11.6 Å². The highest BCUT2D eigenvalue weighted by atomic mass is 35.5. The van der Waals surface area contributed by atoms with E-state index in [2.05, 4.69) is 5.32 Å². The number of rotatable bonds is 5. The van der Waals surface area contributed by atoms with E-state index in [0.717, 1.165) is 17.0 Å². The quantitative estimate of drug-likeness (QED) is 0.905. The Kier molecular flexibility index (Phi) is 5.42. The Hall–Kier alpha value is -1.27. The van der Waals surface area contributed by atoms with Crippen molar-refractivity contribution in [2.75, 3.05) is 17.6 Å². The lowest BCUT2D eigenvalue weighted by atomic mass is 10.1. The molecule has 0 bridgehead atoms. The molecule has 1 aromatic rings. The van der Waals surface area contributed by atoms with E-state index in [1.807, 2.05) is 13.8 Å². The Morgan fingerprint density at radius 3 is 2.55 bits per heavy atom. The van der Waals surface area contributed by atoms with Crippen LogP contribution in [0.5, 0.6) is 0 Å². The van der Waals surface area contributed by atoms with Crippen molar-refractivity contribution >= 4 is 33.2 Å². The minimum Gasteiger partial charge on any atom is -0.350 e. The van der Waals surface area contributed by atoms with E-state index in [1.165, 1.54) is 19.2 Å². The summed E-state index contributed by atoms with van der Waals surface area (Å²) in [7, 11) is -2.04. The van der Waals surface area contributed by atoms with Gasteiger partial charge in [0, 0.05) is 18.7 Å². The number of halogens is 1. The molecule has 0 spiro atoms. The van der Waals surface area contributed by atoms with Gasteiger partial charge in [0.05, 0.1) is 17.0 Å². The van der Waals surface area contributed by atoms with Crippen LogP contribution in [0.2, 0.25) is 5.02 Å². The second kappa shape index (κ2) is 6.45. The van der Waals surface area contributed by atoms with Crippen LogP contribution in [0.15, 0.2) is 18.2 Å². The van der Waals surface area contributed by atoms with E-state index in [9.17, 15) is 13.2 Å². The van der Waals surface area contributed by atoms with Crippen molar-refractivity contribution in [1.29, 1.82) is 0 Å². The highest BCUT2D eigenvalue weighted by molar-refractivity contribution is 7.92. The lowest BCUT2D eigenvalue weighted by Crippen LogP contribution is -2.32. The van der Waals surface area contributed by atoms with Crippen molar-refractivity contribution in [2.45, 2.75) is 26.3 Å². The van der Waals surface area contributed by atoms with Gasteiger partial charge in [0.25, 0.3) is 5.91 Å². The second-order valence-electron chi connectivity index (χ2n) is 4.68. The van der Waals surface area contributed by atoms with Crippen LogP contribution in [0.25, 0.3) is 0 Å². The molecule has 0 saturated heterocycles. The number of hydrogen-bond donors (Lipinski definition) is 1. The summed E-state index contributed by atoms with van der Waals surface area (Å²) in [5, 5.41) is 3.10. The topological polar surface area (TPSA) is 66.5 Å². The number of carbonyl (C=O) groups excluding carboxylic acids is 1.